The molecule has 43 heavy (non-hydrogen) atoms. The monoisotopic (exact) mass is 632 g/mol. The SMILES string of the molecule is CCCCCC1OC1C/C=C\CCCCCCCC(=O)O[C@H](COC(=O)CCCCCCCCC(C)C)COP(=O)(O)O. The zero-order valence-corrected chi connectivity index (χ0v) is 28.1. The number of esters is 2. The van der Waals surface area contributed by atoms with E-state index in [1.807, 2.05) is 0 Å². The summed E-state index contributed by atoms with van der Waals surface area (Å²) in [5.41, 5.74) is 0. The van der Waals surface area contributed by atoms with Crippen LogP contribution in [0.15, 0.2) is 12.2 Å². The quantitative estimate of drug-likeness (QED) is 0.0274. The van der Waals surface area contributed by atoms with Crippen molar-refractivity contribution in [1.29, 1.82) is 0 Å². The van der Waals surface area contributed by atoms with Crippen LogP contribution in [0.1, 0.15) is 149 Å². The number of allylic oxidation sites excluding steroid dienone is 1. The molecule has 1 heterocycles. The van der Waals surface area contributed by atoms with Gasteiger partial charge in [0.15, 0.2) is 6.10 Å². The van der Waals surface area contributed by atoms with Crippen molar-refractivity contribution < 1.29 is 42.7 Å². The van der Waals surface area contributed by atoms with Gasteiger partial charge in [-0.3, -0.25) is 14.1 Å². The first kappa shape index (κ1) is 39.8. The molecule has 0 aliphatic carbocycles. The Kier molecular flexibility index (Phi) is 23.1. The average molecular weight is 633 g/mol. The summed E-state index contributed by atoms with van der Waals surface area (Å²) in [5, 5.41) is 0. The second-order valence-corrected chi connectivity index (χ2v) is 13.6. The minimum absolute atomic E-state index is 0.193. The van der Waals surface area contributed by atoms with Crippen molar-refractivity contribution in [2.24, 2.45) is 5.92 Å². The van der Waals surface area contributed by atoms with Gasteiger partial charge >= 0.3 is 19.8 Å². The molecule has 0 bridgehead atoms. The molecule has 3 atom stereocenters. The Morgan fingerprint density at radius 2 is 1.42 bits per heavy atom. The van der Waals surface area contributed by atoms with Crippen LogP contribution >= 0.6 is 7.82 Å². The van der Waals surface area contributed by atoms with Crippen LogP contribution in [0.4, 0.5) is 0 Å². The van der Waals surface area contributed by atoms with Gasteiger partial charge in [0, 0.05) is 12.8 Å². The third kappa shape index (κ3) is 25.7. The van der Waals surface area contributed by atoms with Gasteiger partial charge in [-0.25, -0.2) is 4.57 Å². The molecule has 0 radical (unpaired) electrons. The largest absolute Gasteiger partial charge is 0.469 e. The second kappa shape index (κ2) is 25.0. The van der Waals surface area contributed by atoms with Gasteiger partial charge in [0.05, 0.1) is 18.8 Å². The van der Waals surface area contributed by atoms with Gasteiger partial charge in [-0.15, -0.1) is 0 Å². The predicted octanol–water partition coefficient (Wildman–Crippen LogP) is 8.35. The number of rotatable bonds is 29. The average Bonchev–Trinajstić information content (AvgIpc) is 3.70. The number of epoxide rings is 1. The molecule has 1 saturated heterocycles. The number of carbonyl (C=O) groups excluding carboxylic acids is 2. The van der Waals surface area contributed by atoms with E-state index in [0.717, 1.165) is 70.1 Å². The lowest BCUT2D eigenvalue weighted by atomic mass is 10.0. The lowest BCUT2D eigenvalue weighted by molar-refractivity contribution is -0.161. The third-order valence-corrected chi connectivity index (χ3v) is 8.12. The molecule has 0 amide bonds. The summed E-state index contributed by atoms with van der Waals surface area (Å²) >= 11 is 0. The summed E-state index contributed by atoms with van der Waals surface area (Å²) in [5.74, 6) is -0.176. The van der Waals surface area contributed by atoms with Crippen molar-refractivity contribution in [1.82, 2.24) is 0 Å². The van der Waals surface area contributed by atoms with Gasteiger partial charge in [-0.05, 0) is 44.4 Å². The van der Waals surface area contributed by atoms with Crippen LogP contribution in [-0.2, 0) is 32.9 Å². The van der Waals surface area contributed by atoms with E-state index in [0.29, 0.717) is 18.6 Å². The zero-order valence-electron chi connectivity index (χ0n) is 27.2. The summed E-state index contributed by atoms with van der Waals surface area (Å²) in [6, 6.07) is 0. The molecule has 1 aliphatic rings. The Morgan fingerprint density at radius 3 is 2.07 bits per heavy atom. The second-order valence-electron chi connectivity index (χ2n) is 12.4. The summed E-state index contributed by atoms with van der Waals surface area (Å²) in [6.07, 6.45) is 24.2. The van der Waals surface area contributed by atoms with Crippen molar-refractivity contribution in [2.75, 3.05) is 13.2 Å². The van der Waals surface area contributed by atoms with Gasteiger partial charge in [-0.2, -0.15) is 0 Å². The standard InChI is InChI=1S/C33H61O9P/c1-4-5-16-22-30-31(42-30)23-18-13-8-6-7-9-15-20-25-33(35)41-29(27-40-43(36,37)38)26-39-32(34)24-19-14-11-10-12-17-21-28(2)3/h13,18,28-31H,4-12,14-17,19-27H2,1-3H3,(H2,36,37,38)/b18-13-/t29-,30?,31?/m1/s1. The maximum atomic E-state index is 12.3. The van der Waals surface area contributed by atoms with Crippen LogP contribution in [0.25, 0.3) is 0 Å². The van der Waals surface area contributed by atoms with Crippen molar-refractivity contribution in [2.45, 2.75) is 167 Å². The molecule has 1 fully saturated rings. The molecule has 9 nitrogen and oxygen atoms in total. The Morgan fingerprint density at radius 1 is 0.791 bits per heavy atom. The summed E-state index contributed by atoms with van der Waals surface area (Å²) in [6.45, 7) is 5.84. The number of hydrogen-bond donors (Lipinski definition) is 2. The van der Waals surface area contributed by atoms with E-state index in [9.17, 15) is 14.2 Å². The topological polar surface area (TPSA) is 132 Å². The number of hydrogen-bond acceptors (Lipinski definition) is 7. The van der Waals surface area contributed by atoms with Gasteiger partial charge in [-0.1, -0.05) is 110 Å². The molecule has 1 aliphatic heterocycles. The van der Waals surface area contributed by atoms with Crippen LogP contribution in [0.5, 0.6) is 0 Å². The van der Waals surface area contributed by atoms with Gasteiger partial charge in [0.1, 0.15) is 6.61 Å². The van der Waals surface area contributed by atoms with Gasteiger partial charge in [0.2, 0.25) is 0 Å². The minimum atomic E-state index is -4.75. The summed E-state index contributed by atoms with van der Waals surface area (Å²) < 4.78 is 31.9. The van der Waals surface area contributed by atoms with Crippen LogP contribution in [-0.4, -0.2) is 53.3 Å². The van der Waals surface area contributed by atoms with Crippen LogP contribution in [0.2, 0.25) is 0 Å². The molecule has 252 valence electrons. The zero-order chi connectivity index (χ0) is 31.8. The van der Waals surface area contributed by atoms with Crippen molar-refractivity contribution in [3.63, 3.8) is 0 Å². The highest BCUT2D eigenvalue weighted by molar-refractivity contribution is 7.46. The molecule has 1 rings (SSSR count). The van der Waals surface area contributed by atoms with Crippen LogP contribution in [0.3, 0.4) is 0 Å². The van der Waals surface area contributed by atoms with Crippen LogP contribution in [0, 0.1) is 5.92 Å². The van der Waals surface area contributed by atoms with E-state index in [4.69, 9.17) is 24.0 Å². The van der Waals surface area contributed by atoms with Gasteiger partial charge < -0.3 is 24.0 Å². The molecular formula is C33H61O9P. The summed E-state index contributed by atoms with van der Waals surface area (Å²) in [4.78, 5) is 42.5. The van der Waals surface area contributed by atoms with E-state index < -0.39 is 32.5 Å². The highest BCUT2D eigenvalue weighted by Gasteiger charge is 2.36. The van der Waals surface area contributed by atoms with Crippen molar-refractivity contribution >= 4 is 19.8 Å². The minimum Gasteiger partial charge on any atom is -0.462 e. The van der Waals surface area contributed by atoms with Gasteiger partial charge in [0.25, 0.3) is 0 Å². The normalized spacial score (nSPS) is 17.4. The molecular weight excluding hydrogens is 571 g/mol. The first-order valence-corrected chi connectivity index (χ1v) is 18.5. The van der Waals surface area contributed by atoms with E-state index in [1.165, 1.54) is 44.9 Å². The molecule has 0 saturated carbocycles. The smallest absolute Gasteiger partial charge is 0.462 e. The fourth-order valence-corrected chi connectivity index (χ4v) is 5.33. The van der Waals surface area contributed by atoms with Crippen molar-refractivity contribution in [3.05, 3.63) is 12.2 Å². The predicted molar refractivity (Wildman–Crippen MR) is 169 cm³/mol. The Hall–Kier alpha value is -1.25. The van der Waals surface area contributed by atoms with E-state index >= 15 is 0 Å². The fourth-order valence-electron chi connectivity index (χ4n) is 4.97. The number of ether oxygens (including phenoxy) is 3. The molecule has 2 N–H and O–H groups in total. The van der Waals surface area contributed by atoms with Crippen molar-refractivity contribution in [3.8, 4) is 0 Å². The lowest BCUT2D eigenvalue weighted by Gasteiger charge is -2.18. The summed E-state index contributed by atoms with van der Waals surface area (Å²) in [7, 11) is -4.75. The highest BCUT2D eigenvalue weighted by Crippen LogP contribution is 2.36. The first-order chi connectivity index (χ1) is 20.6. The fraction of sp³-hybridized carbons (Fsp3) is 0.879. The molecule has 0 aromatic carbocycles. The number of carbonyl (C=O) groups is 2. The number of phosphoric acid groups is 1. The maximum Gasteiger partial charge on any atom is 0.469 e. The molecule has 0 aromatic rings. The van der Waals surface area contributed by atoms with E-state index in [2.05, 4.69) is 37.4 Å². The van der Waals surface area contributed by atoms with E-state index in [-0.39, 0.29) is 19.4 Å². The maximum absolute atomic E-state index is 12.3. The Bertz CT molecular complexity index is 795. The third-order valence-electron chi connectivity index (χ3n) is 7.64. The lowest BCUT2D eigenvalue weighted by Crippen LogP contribution is -2.29. The molecule has 0 spiro atoms. The van der Waals surface area contributed by atoms with E-state index in [1.54, 1.807) is 0 Å². The Balaban J connectivity index is 2.12. The number of unbranched alkanes of at least 4 members (excludes halogenated alkanes) is 12. The molecule has 2 unspecified atom stereocenters. The highest BCUT2D eigenvalue weighted by atomic mass is 31.2. The molecule has 0 aromatic heterocycles. The molecule has 10 heteroatoms. The first-order valence-electron chi connectivity index (χ1n) is 17.0. The Labute approximate surface area is 261 Å². The number of phosphoric ester groups is 1. The van der Waals surface area contributed by atoms with Crippen LogP contribution < -0.4 is 0 Å².